The first-order valence-corrected chi connectivity index (χ1v) is 5.29. The summed E-state index contributed by atoms with van der Waals surface area (Å²) in [6.07, 6.45) is 2.24. The number of carbonyl (C=O) groups is 1. The monoisotopic (exact) mass is 224 g/mol. The first-order valence-electron chi connectivity index (χ1n) is 5.29. The van der Waals surface area contributed by atoms with Crippen LogP contribution >= 0.6 is 0 Å². The lowest BCUT2D eigenvalue weighted by atomic mass is 10.2. The third-order valence-electron chi connectivity index (χ3n) is 1.95. The molecular weight excluding hydrogens is 208 g/mol. The molecule has 1 aromatic heterocycles. The Balaban J connectivity index is 3.04. The number of aromatic carboxylic acids is 1. The fraction of sp³-hybridized carbons (Fsp3) is 0.545. The normalized spacial score (nSPS) is 10.5. The second-order valence-electron chi connectivity index (χ2n) is 3.75. The predicted octanol–water partition coefficient (Wildman–Crippen LogP) is 2.09. The highest BCUT2D eigenvalue weighted by Gasteiger charge is 2.16. The molecular formula is C11H16N2O3. The Labute approximate surface area is 94.5 Å². The Morgan fingerprint density at radius 3 is 2.75 bits per heavy atom. The summed E-state index contributed by atoms with van der Waals surface area (Å²) < 4.78 is 5.28. The average molecular weight is 224 g/mol. The molecule has 0 unspecified atom stereocenters. The van der Waals surface area contributed by atoms with Crippen molar-refractivity contribution in [2.24, 2.45) is 0 Å². The maximum atomic E-state index is 11.0. The van der Waals surface area contributed by atoms with Crippen LogP contribution in [0.5, 0.6) is 5.75 Å². The first kappa shape index (κ1) is 12.4. The largest absolute Gasteiger partial charge is 0.489 e. The van der Waals surface area contributed by atoms with Gasteiger partial charge in [0.15, 0.2) is 11.4 Å². The van der Waals surface area contributed by atoms with Crippen molar-refractivity contribution in [1.29, 1.82) is 0 Å². The van der Waals surface area contributed by atoms with Crippen LogP contribution in [0, 0.1) is 0 Å². The summed E-state index contributed by atoms with van der Waals surface area (Å²) in [7, 11) is 0. The molecule has 5 heteroatoms. The molecule has 1 aromatic rings. The average Bonchev–Trinajstić information content (AvgIpc) is 2.25. The minimum atomic E-state index is -1.09. The fourth-order valence-corrected chi connectivity index (χ4v) is 1.13. The Hall–Kier alpha value is -1.65. The van der Waals surface area contributed by atoms with Gasteiger partial charge in [-0.05, 0) is 6.42 Å². The number of hydrogen-bond acceptors (Lipinski definition) is 4. The van der Waals surface area contributed by atoms with Crippen molar-refractivity contribution in [2.45, 2.75) is 33.1 Å². The van der Waals surface area contributed by atoms with Gasteiger partial charge in [0.25, 0.3) is 0 Å². The topological polar surface area (TPSA) is 72.3 Å². The van der Waals surface area contributed by atoms with E-state index in [0.717, 1.165) is 6.42 Å². The molecule has 1 heterocycles. The van der Waals surface area contributed by atoms with Gasteiger partial charge in [-0.25, -0.2) is 14.8 Å². The summed E-state index contributed by atoms with van der Waals surface area (Å²) in [5.74, 6) is -0.242. The van der Waals surface area contributed by atoms with Gasteiger partial charge >= 0.3 is 5.97 Å². The van der Waals surface area contributed by atoms with E-state index in [-0.39, 0.29) is 17.4 Å². The van der Waals surface area contributed by atoms with Gasteiger partial charge in [-0.2, -0.15) is 0 Å². The zero-order chi connectivity index (χ0) is 12.1. The second-order valence-corrected chi connectivity index (χ2v) is 3.75. The number of nitrogens with zero attached hydrogens (tertiary/aromatic N) is 2. The van der Waals surface area contributed by atoms with E-state index in [1.54, 1.807) is 0 Å². The smallest absolute Gasteiger partial charge is 0.358 e. The van der Waals surface area contributed by atoms with Crippen LogP contribution in [0.3, 0.4) is 0 Å². The van der Waals surface area contributed by atoms with Gasteiger partial charge in [0.1, 0.15) is 5.82 Å². The molecule has 0 saturated heterocycles. The molecule has 1 N–H and O–H groups in total. The van der Waals surface area contributed by atoms with E-state index in [9.17, 15) is 4.79 Å². The number of rotatable bonds is 5. The summed E-state index contributed by atoms with van der Waals surface area (Å²) in [5, 5.41) is 9.00. The molecule has 0 radical (unpaired) electrons. The minimum Gasteiger partial charge on any atom is -0.489 e. The molecule has 0 aromatic carbocycles. The maximum absolute atomic E-state index is 11.0. The van der Waals surface area contributed by atoms with Crippen molar-refractivity contribution < 1.29 is 14.6 Å². The van der Waals surface area contributed by atoms with Crippen molar-refractivity contribution in [3.05, 3.63) is 17.7 Å². The van der Waals surface area contributed by atoms with Crippen LogP contribution in [0.25, 0.3) is 0 Å². The first-order chi connectivity index (χ1) is 7.56. The van der Waals surface area contributed by atoms with E-state index in [1.807, 2.05) is 20.8 Å². The van der Waals surface area contributed by atoms with E-state index in [1.165, 1.54) is 6.20 Å². The van der Waals surface area contributed by atoms with Gasteiger partial charge in [-0.1, -0.05) is 20.8 Å². The van der Waals surface area contributed by atoms with E-state index in [0.29, 0.717) is 12.4 Å². The Kier molecular flexibility index (Phi) is 4.22. The minimum absolute atomic E-state index is 0.0628. The summed E-state index contributed by atoms with van der Waals surface area (Å²) in [5.41, 5.74) is -0.0628. The molecule has 0 fully saturated rings. The van der Waals surface area contributed by atoms with Crippen LogP contribution in [-0.2, 0) is 0 Å². The zero-order valence-corrected chi connectivity index (χ0v) is 9.73. The van der Waals surface area contributed by atoms with Crippen LogP contribution in [-0.4, -0.2) is 27.7 Å². The second kappa shape index (κ2) is 5.44. The van der Waals surface area contributed by atoms with Crippen molar-refractivity contribution in [3.63, 3.8) is 0 Å². The summed E-state index contributed by atoms with van der Waals surface area (Å²) in [4.78, 5) is 19.1. The van der Waals surface area contributed by atoms with Crippen molar-refractivity contribution in [1.82, 2.24) is 9.97 Å². The van der Waals surface area contributed by atoms with Crippen LogP contribution in [0.4, 0.5) is 0 Å². The molecule has 0 amide bonds. The van der Waals surface area contributed by atoms with Crippen LogP contribution in [0.2, 0.25) is 0 Å². The van der Waals surface area contributed by atoms with E-state index >= 15 is 0 Å². The lowest BCUT2D eigenvalue weighted by Gasteiger charge is -2.09. The van der Waals surface area contributed by atoms with E-state index < -0.39 is 5.97 Å². The maximum Gasteiger partial charge on any atom is 0.358 e. The molecule has 0 aliphatic heterocycles. The molecule has 0 aliphatic carbocycles. The van der Waals surface area contributed by atoms with Gasteiger partial charge in [0.05, 0.1) is 12.8 Å². The van der Waals surface area contributed by atoms with E-state index in [4.69, 9.17) is 9.84 Å². The van der Waals surface area contributed by atoms with Gasteiger partial charge < -0.3 is 9.84 Å². The Bertz CT molecular complexity index is 377. The van der Waals surface area contributed by atoms with Gasteiger partial charge in [0.2, 0.25) is 0 Å². The molecule has 0 spiro atoms. The molecule has 1 rings (SSSR count). The molecule has 0 atom stereocenters. The van der Waals surface area contributed by atoms with Gasteiger partial charge in [-0.3, -0.25) is 0 Å². The molecule has 16 heavy (non-hydrogen) atoms. The van der Waals surface area contributed by atoms with Gasteiger partial charge in [0, 0.05) is 5.92 Å². The molecule has 5 nitrogen and oxygen atoms in total. The lowest BCUT2D eigenvalue weighted by molar-refractivity contribution is 0.0684. The molecule has 0 aliphatic rings. The number of carboxylic acids is 1. The summed E-state index contributed by atoms with van der Waals surface area (Å²) in [6, 6.07) is 0. The highest BCUT2D eigenvalue weighted by Crippen LogP contribution is 2.18. The Morgan fingerprint density at radius 1 is 1.56 bits per heavy atom. The van der Waals surface area contributed by atoms with Crippen molar-refractivity contribution in [3.8, 4) is 5.75 Å². The highest BCUT2D eigenvalue weighted by molar-refractivity contribution is 5.88. The summed E-state index contributed by atoms with van der Waals surface area (Å²) >= 11 is 0. The number of aromatic nitrogens is 2. The SMILES string of the molecule is CCCOc1cnc(C(C)C)nc1C(=O)O. The van der Waals surface area contributed by atoms with Crippen LogP contribution in [0.1, 0.15) is 49.4 Å². The quantitative estimate of drug-likeness (QED) is 0.829. The van der Waals surface area contributed by atoms with E-state index in [2.05, 4.69) is 9.97 Å². The Morgan fingerprint density at radius 2 is 2.25 bits per heavy atom. The number of ether oxygens (including phenoxy) is 1. The molecule has 88 valence electrons. The predicted molar refractivity (Wildman–Crippen MR) is 58.9 cm³/mol. The zero-order valence-electron chi connectivity index (χ0n) is 9.73. The molecule has 0 bridgehead atoms. The standard InChI is InChI=1S/C11H16N2O3/c1-4-5-16-8-6-12-10(7(2)3)13-9(8)11(14)15/h6-7H,4-5H2,1-3H3,(H,14,15). The summed E-state index contributed by atoms with van der Waals surface area (Å²) in [6.45, 7) is 6.23. The van der Waals surface area contributed by atoms with Gasteiger partial charge in [-0.15, -0.1) is 0 Å². The highest BCUT2D eigenvalue weighted by atomic mass is 16.5. The van der Waals surface area contributed by atoms with Crippen molar-refractivity contribution >= 4 is 5.97 Å². The molecule has 0 saturated carbocycles. The van der Waals surface area contributed by atoms with Crippen LogP contribution in [0.15, 0.2) is 6.20 Å². The third kappa shape index (κ3) is 2.92. The number of carboxylic acid groups (broad SMARTS) is 1. The van der Waals surface area contributed by atoms with Crippen molar-refractivity contribution in [2.75, 3.05) is 6.61 Å². The lowest BCUT2D eigenvalue weighted by Crippen LogP contribution is -2.10. The van der Waals surface area contributed by atoms with Crippen LogP contribution < -0.4 is 4.74 Å². The number of hydrogen-bond donors (Lipinski definition) is 1. The third-order valence-corrected chi connectivity index (χ3v) is 1.95. The fourth-order valence-electron chi connectivity index (χ4n) is 1.13.